The molecule has 3 aromatic rings. The number of amidine groups is 1. The number of hydrogen-bond acceptors (Lipinski definition) is 7. The summed E-state index contributed by atoms with van der Waals surface area (Å²) in [5.74, 6) is -0.138. The quantitative estimate of drug-likeness (QED) is 0.300. The molecule has 0 spiro atoms. The monoisotopic (exact) mass is 405 g/mol. The summed E-state index contributed by atoms with van der Waals surface area (Å²) in [5.41, 5.74) is 1.46. The van der Waals surface area contributed by atoms with Crippen LogP contribution in [0.4, 0.5) is 0 Å². The third-order valence-corrected chi connectivity index (χ3v) is 5.06. The van der Waals surface area contributed by atoms with Crippen molar-refractivity contribution in [2.45, 2.75) is 6.92 Å². The van der Waals surface area contributed by atoms with Gasteiger partial charge in [-0.25, -0.2) is 4.79 Å². The van der Waals surface area contributed by atoms with Gasteiger partial charge in [0.2, 0.25) is 0 Å². The van der Waals surface area contributed by atoms with Crippen LogP contribution in [0, 0.1) is 0 Å². The van der Waals surface area contributed by atoms with Crippen LogP contribution in [0.1, 0.15) is 18.1 Å². The molecular formula is C21H15N3O4S. The van der Waals surface area contributed by atoms with Gasteiger partial charge in [0.1, 0.15) is 11.3 Å². The Morgan fingerprint density at radius 1 is 1.14 bits per heavy atom. The van der Waals surface area contributed by atoms with Crippen molar-refractivity contribution >= 4 is 45.6 Å². The molecule has 1 aromatic heterocycles. The van der Waals surface area contributed by atoms with E-state index in [0.717, 1.165) is 22.7 Å². The van der Waals surface area contributed by atoms with Crippen molar-refractivity contribution in [3.8, 4) is 5.75 Å². The number of fused-ring (bicyclic) bond motifs is 1. The molecule has 8 heteroatoms. The molecule has 4 rings (SSSR count). The second kappa shape index (κ2) is 7.76. The highest BCUT2D eigenvalue weighted by molar-refractivity contribution is 8.18. The first kappa shape index (κ1) is 18.7. The normalized spacial score (nSPS) is 17.3. The largest absolute Gasteiger partial charge is 0.508 e. The van der Waals surface area contributed by atoms with Crippen LogP contribution in [0.2, 0.25) is 0 Å². The van der Waals surface area contributed by atoms with Crippen LogP contribution in [-0.4, -0.2) is 21.9 Å². The van der Waals surface area contributed by atoms with Gasteiger partial charge in [-0.05, 0) is 54.6 Å². The molecule has 0 bridgehead atoms. The van der Waals surface area contributed by atoms with Crippen LogP contribution in [0.15, 0.2) is 78.9 Å². The number of rotatable bonds is 3. The zero-order valence-electron chi connectivity index (χ0n) is 15.2. The molecule has 0 atom stereocenters. The van der Waals surface area contributed by atoms with Gasteiger partial charge in [0.05, 0.1) is 16.2 Å². The minimum absolute atomic E-state index is 0.154. The topological polar surface area (TPSA) is 104 Å². The summed E-state index contributed by atoms with van der Waals surface area (Å²) in [6.45, 7) is 1.65. The molecule has 0 radical (unpaired) electrons. The molecule has 0 aliphatic carbocycles. The molecular weight excluding hydrogens is 390 g/mol. The standard InChI is InChI=1S/C21H15N3O4S/c1-12(16-11-14-4-2-3-5-17(14)28-20(16)27)23-24-21-22-19(26)18(29-21)10-13-6-8-15(25)9-7-13/h2-11,25H,1H3,(H,22,24,26). The third kappa shape index (κ3) is 4.12. The first-order valence-electron chi connectivity index (χ1n) is 8.65. The van der Waals surface area contributed by atoms with E-state index in [1.165, 1.54) is 0 Å². The van der Waals surface area contributed by atoms with Gasteiger partial charge in [0.15, 0.2) is 5.17 Å². The Balaban J connectivity index is 1.58. The van der Waals surface area contributed by atoms with Gasteiger partial charge in [0, 0.05) is 5.39 Å². The van der Waals surface area contributed by atoms with Crippen LogP contribution in [0.3, 0.4) is 0 Å². The first-order chi connectivity index (χ1) is 14.0. The van der Waals surface area contributed by atoms with E-state index in [-0.39, 0.29) is 11.7 Å². The maximum Gasteiger partial charge on any atom is 0.345 e. The van der Waals surface area contributed by atoms with Crippen molar-refractivity contribution in [1.29, 1.82) is 0 Å². The van der Waals surface area contributed by atoms with E-state index in [4.69, 9.17) is 4.42 Å². The summed E-state index contributed by atoms with van der Waals surface area (Å²) in [6, 6.07) is 15.4. The zero-order chi connectivity index (χ0) is 20.4. The highest BCUT2D eigenvalue weighted by Crippen LogP contribution is 2.26. The number of amides is 1. The van der Waals surface area contributed by atoms with Gasteiger partial charge in [-0.3, -0.25) is 10.1 Å². The van der Waals surface area contributed by atoms with E-state index >= 15 is 0 Å². The molecule has 0 unspecified atom stereocenters. The minimum Gasteiger partial charge on any atom is -0.508 e. The summed E-state index contributed by atoms with van der Waals surface area (Å²) in [5, 5.41) is 21.2. The molecule has 1 aliphatic heterocycles. The van der Waals surface area contributed by atoms with Crippen LogP contribution in [0.5, 0.6) is 5.75 Å². The molecule has 2 aromatic carbocycles. The number of para-hydroxylation sites is 1. The summed E-state index contributed by atoms with van der Waals surface area (Å²) < 4.78 is 5.31. The lowest BCUT2D eigenvalue weighted by atomic mass is 10.1. The van der Waals surface area contributed by atoms with Crippen molar-refractivity contribution in [2.24, 2.45) is 10.2 Å². The van der Waals surface area contributed by atoms with Crippen molar-refractivity contribution in [2.75, 3.05) is 0 Å². The maximum atomic E-state index is 12.2. The van der Waals surface area contributed by atoms with Crippen LogP contribution in [0.25, 0.3) is 17.0 Å². The van der Waals surface area contributed by atoms with Gasteiger partial charge in [-0.2, -0.15) is 5.10 Å². The molecule has 0 saturated carbocycles. The number of nitrogens with one attached hydrogen (secondary N) is 1. The average molecular weight is 405 g/mol. The molecule has 1 fully saturated rings. The van der Waals surface area contributed by atoms with Crippen LogP contribution < -0.4 is 10.9 Å². The van der Waals surface area contributed by atoms with Gasteiger partial charge in [-0.1, -0.05) is 30.3 Å². The lowest BCUT2D eigenvalue weighted by Gasteiger charge is -2.00. The van der Waals surface area contributed by atoms with E-state index in [1.54, 1.807) is 55.5 Å². The SMILES string of the molecule is CC(=N/N=C1/NC(=O)C(=Cc2ccc(O)cc2)S1)c1cc2ccccc2oc1=O. The first-order valence-corrected chi connectivity index (χ1v) is 9.47. The summed E-state index contributed by atoms with van der Waals surface area (Å²) in [6.07, 6.45) is 1.69. The van der Waals surface area contributed by atoms with Gasteiger partial charge in [-0.15, -0.1) is 5.10 Å². The molecule has 1 saturated heterocycles. The molecule has 7 nitrogen and oxygen atoms in total. The Kier molecular flexibility index (Phi) is 5.01. The van der Waals surface area contributed by atoms with Crippen molar-refractivity contribution in [3.63, 3.8) is 0 Å². The molecule has 1 aliphatic rings. The smallest absolute Gasteiger partial charge is 0.345 e. The fourth-order valence-corrected chi connectivity index (χ4v) is 3.46. The number of phenolic OH excluding ortho intramolecular Hbond substituents is 1. The predicted octanol–water partition coefficient (Wildman–Crippen LogP) is 3.48. The van der Waals surface area contributed by atoms with Crippen molar-refractivity contribution < 1.29 is 14.3 Å². The van der Waals surface area contributed by atoms with E-state index in [1.807, 2.05) is 12.1 Å². The van der Waals surface area contributed by atoms with E-state index in [2.05, 4.69) is 15.5 Å². The highest BCUT2D eigenvalue weighted by Gasteiger charge is 2.24. The second-order valence-electron chi connectivity index (χ2n) is 6.23. The lowest BCUT2D eigenvalue weighted by molar-refractivity contribution is -0.115. The number of nitrogens with zero attached hydrogens (tertiary/aromatic N) is 2. The number of carbonyl (C=O) groups excluding carboxylic acids is 1. The van der Waals surface area contributed by atoms with E-state index in [9.17, 15) is 14.7 Å². The Labute approximate surface area is 169 Å². The summed E-state index contributed by atoms with van der Waals surface area (Å²) in [7, 11) is 0. The maximum absolute atomic E-state index is 12.2. The van der Waals surface area contributed by atoms with Crippen molar-refractivity contribution in [1.82, 2.24) is 5.32 Å². The number of thioether (sulfide) groups is 1. The molecule has 29 heavy (non-hydrogen) atoms. The van der Waals surface area contributed by atoms with Crippen LogP contribution >= 0.6 is 11.8 Å². The van der Waals surface area contributed by atoms with Crippen LogP contribution in [-0.2, 0) is 4.79 Å². The minimum atomic E-state index is -0.499. The molecule has 144 valence electrons. The highest BCUT2D eigenvalue weighted by atomic mass is 32.2. The zero-order valence-corrected chi connectivity index (χ0v) is 16.1. The molecule has 1 amide bonds. The fourth-order valence-electron chi connectivity index (χ4n) is 2.69. The molecule has 2 N–H and O–H groups in total. The van der Waals surface area contributed by atoms with Gasteiger partial charge >= 0.3 is 5.63 Å². The lowest BCUT2D eigenvalue weighted by Crippen LogP contribution is -2.19. The Hall–Kier alpha value is -3.65. The van der Waals surface area contributed by atoms with Crippen molar-refractivity contribution in [3.05, 3.63) is 81.0 Å². The fraction of sp³-hybridized carbons (Fsp3) is 0.0476. The third-order valence-electron chi connectivity index (χ3n) is 4.16. The number of hydrogen-bond donors (Lipinski definition) is 2. The van der Waals surface area contributed by atoms with E-state index in [0.29, 0.717) is 26.9 Å². The molecule has 2 heterocycles. The number of phenols is 1. The second-order valence-corrected chi connectivity index (χ2v) is 7.26. The van der Waals surface area contributed by atoms with Gasteiger partial charge in [0.25, 0.3) is 5.91 Å². The Morgan fingerprint density at radius 3 is 2.69 bits per heavy atom. The summed E-state index contributed by atoms with van der Waals surface area (Å²) >= 11 is 1.14. The number of benzene rings is 2. The predicted molar refractivity (Wildman–Crippen MR) is 114 cm³/mol. The van der Waals surface area contributed by atoms with E-state index < -0.39 is 5.63 Å². The Morgan fingerprint density at radius 2 is 1.90 bits per heavy atom. The van der Waals surface area contributed by atoms with Gasteiger partial charge < -0.3 is 9.52 Å². The average Bonchev–Trinajstić information content (AvgIpc) is 3.06. The summed E-state index contributed by atoms with van der Waals surface area (Å²) in [4.78, 5) is 24.8. The Bertz CT molecular complexity index is 1260. The number of aromatic hydroxyl groups is 1. The number of carbonyl (C=O) groups is 1.